The molecule has 1 fully saturated rings. The fraction of sp³-hybridized carbons (Fsp3) is 0.455. The van der Waals surface area contributed by atoms with E-state index in [-0.39, 0.29) is 12.1 Å². The van der Waals surface area contributed by atoms with Gasteiger partial charge in [0.15, 0.2) is 0 Å². The van der Waals surface area contributed by atoms with Gasteiger partial charge in [-0.05, 0) is 19.5 Å². The fourth-order valence-corrected chi connectivity index (χ4v) is 2.17. The Hall–Kier alpha value is -1.00. The minimum absolute atomic E-state index is 0.0272. The largest absolute Gasteiger partial charge is 0.326 e. The molecule has 2 unspecified atom stereocenters. The first kappa shape index (κ1) is 10.5. The van der Waals surface area contributed by atoms with E-state index in [1.165, 1.54) is 12.1 Å². The summed E-state index contributed by atoms with van der Waals surface area (Å²) in [7, 11) is 1.90. The van der Waals surface area contributed by atoms with E-state index < -0.39 is 11.6 Å². The van der Waals surface area contributed by atoms with Crippen LogP contribution >= 0.6 is 0 Å². The van der Waals surface area contributed by atoms with Crippen LogP contribution in [0.15, 0.2) is 18.2 Å². The highest BCUT2D eigenvalue weighted by Crippen LogP contribution is 2.31. The minimum atomic E-state index is -0.541. The first-order valence-electron chi connectivity index (χ1n) is 4.98. The lowest BCUT2D eigenvalue weighted by Gasteiger charge is -2.19. The first-order chi connectivity index (χ1) is 7.08. The zero-order chi connectivity index (χ0) is 11.0. The van der Waals surface area contributed by atoms with Gasteiger partial charge in [0.1, 0.15) is 11.6 Å². The average molecular weight is 212 g/mol. The number of halogens is 2. The van der Waals surface area contributed by atoms with Crippen molar-refractivity contribution in [2.75, 3.05) is 13.6 Å². The molecule has 1 aliphatic heterocycles. The summed E-state index contributed by atoms with van der Waals surface area (Å²) in [5.41, 5.74) is 6.33. The Morgan fingerprint density at radius 1 is 1.40 bits per heavy atom. The van der Waals surface area contributed by atoms with Crippen molar-refractivity contribution in [2.24, 2.45) is 5.73 Å². The second-order valence-corrected chi connectivity index (χ2v) is 4.12. The molecule has 2 nitrogen and oxygen atoms in total. The van der Waals surface area contributed by atoms with Crippen LogP contribution in [0.2, 0.25) is 0 Å². The van der Waals surface area contributed by atoms with E-state index in [1.54, 1.807) is 0 Å². The molecule has 4 heteroatoms. The molecule has 0 radical (unpaired) electrons. The van der Waals surface area contributed by atoms with E-state index in [1.807, 2.05) is 11.9 Å². The Balaban J connectivity index is 2.29. The van der Waals surface area contributed by atoms with Gasteiger partial charge in [0.2, 0.25) is 0 Å². The standard InChI is InChI=1S/C11H14F2N2/c1-15-6-8(14)5-11(15)9-3-2-7(12)4-10(9)13/h2-4,8,11H,5-6,14H2,1H3. The summed E-state index contributed by atoms with van der Waals surface area (Å²) in [5, 5.41) is 0. The van der Waals surface area contributed by atoms with Gasteiger partial charge in [0.25, 0.3) is 0 Å². The van der Waals surface area contributed by atoms with Crippen molar-refractivity contribution in [1.82, 2.24) is 4.90 Å². The predicted molar refractivity (Wildman–Crippen MR) is 54.3 cm³/mol. The molecule has 1 aromatic rings. The molecule has 0 aromatic heterocycles. The van der Waals surface area contributed by atoms with Crippen molar-refractivity contribution < 1.29 is 8.78 Å². The van der Waals surface area contributed by atoms with Gasteiger partial charge in [0, 0.05) is 30.3 Å². The number of benzene rings is 1. The highest BCUT2D eigenvalue weighted by atomic mass is 19.1. The molecule has 1 saturated heterocycles. The fourth-order valence-electron chi connectivity index (χ4n) is 2.17. The summed E-state index contributed by atoms with van der Waals surface area (Å²) in [6, 6.07) is 3.76. The van der Waals surface area contributed by atoms with Crippen LogP contribution in [0.1, 0.15) is 18.0 Å². The maximum absolute atomic E-state index is 13.5. The lowest BCUT2D eigenvalue weighted by atomic mass is 10.0. The molecule has 2 atom stereocenters. The van der Waals surface area contributed by atoms with Crippen LogP contribution in [-0.4, -0.2) is 24.5 Å². The van der Waals surface area contributed by atoms with E-state index in [0.29, 0.717) is 5.56 Å². The van der Waals surface area contributed by atoms with Gasteiger partial charge in [-0.3, -0.25) is 4.90 Å². The van der Waals surface area contributed by atoms with E-state index >= 15 is 0 Å². The molecular formula is C11H14F2N2. The Labute approximate surface area is 87.7 Å². The van der Waals surface area contributed by atoms with Gasteiger partial charge in [-0.2, -0.15) is 0 Å². The lowest BCUT2D eigenvalue weighted by molar-refractivity contribution is 0.308. The molecule has 0 aliphatic carbocycles. The zero-order valence-electron chi connectivity index (χ0n) is 8.58. The molecule has 1 heterocycles. The van der Waals surface area contributed by atoms with E-state index in [4.69, 9.17) is 5.73 Å². The molecule has 0 bridgehead atoms. The third-order valence-electron chi connectivity index (χ3n) is 2.90. The van der Waals surface area contributed by atoms with Crippen LogP contribution in [-0.2, 0) is 0 Å². The minimum Gasteiger partial charge on any atom is -0.326 e. The summed E-state index contributed by atoms with van der Waals surface area (Å²) >= 11 is 0. The summed E-state index contributed by atoms with van der Waals surface area (Å²) < 4.78 is 26.2. The maximum atomic E-state index is 13.5. The highest BCUT2D eigenvalue weighted by Gasteiger charge is 2.30. The third kappa shape index (κ3) is 2.01. The number of nitrogens with zero attached hydrogens (tertiary/aromatic N) is 1. The zero-order valence-corrected chi connectivity index (χ0v) is 8.58. The molecule has 15 heavy (non-hydrogen) atoms. The second kappa shape index (κ2) is 3.87. The lowest BCUT2D eigenvalue weighted by Crippen LogP contribution is -2.24. The molecule has 1 aliphatic rings. The van der Waals surface area contributed by atoms with E-state index in [0.717, 1.165) is 19.0 Å². The molecule has 0 saturated carbocycles. The number of hydrogen-bond donors (Lipinski definition) is 1. The Morgan fingerprint density at radius 2 is 2.13 bits per heavy atom. The normalized spacial score (nSPS) is 27.2. The van der Waals surface area contributed by atoms with Crippen LogP contribution in [0, 0.1) is 11.6 Å². The van der Waals surface area contributed by atoms with Crippen LogP contribution < -0.4 is 5.73 Å². The van der Waals surface area contributed by atoms with Crippen LogP contribution in [0.25, 0.3) is 0 Å². The number of rotatable bonds is 1. The van der Waals surface area contributed by atoms with E-state index in [9.17, 15) is 8.78 Å². The van der Waals surface area contributed by atoms with Crippen molar-refractivity contribution in [2.45, 2.75) is 18.5 Å². The molecule has 2 N–H and O–H groups in total. The third-order valence-corrected chi connectivity index (χ3v) is 2.90. The smallest absolute Gasteiger partial charge is 0.130 e. The highest BCUT2D eigenvalue weighted by molar-refractivity contribution is 5.23. The SMILES string of the molecule is CN1CC(N)CC1c1ccc(F)cc1F. The van der Waals surface area contributed by atoms with Crippen molar-refractivity contribution in [3.05, 3.63) is 35.4 Å². The number of likely N-dealkylation sites (N-methyl/N-ethyl adjacent to an activating group) is 1. The predicted octanol–water partition coefficient (Wildman–Crippen LogP) is 1.67. The van der Waals surface area contributed by atoms with E-state index in [2.05, 4.69) is 0 Å². The Bertz CT molecular complexity index is 368. The molecule has 1 aromatic carbocycles. The van der Waals surface area contributed by atoms with Crippen molar-refractivity contribution in [1.29, 1.82) is 0 Å². The summed E-state index contributed by atoms with van der Waals surface area (Å²) in [6.07, 6.45) is 0.721. The maximum Gasteiger partial charge on any atom is 0.130 e. The van der Waals surface area contributed by atoms with Gasteiger partial charge in [0.05, 0.1) is 0 Å². The molecule has 0 spiro atoms. The van der Waals surface area contributed by atoms with Crippen molar-refractivity contribution >= 4 is 0 Å². The number of likely N-dealkylation sites (tertiary alicyclic amines) is 1. The van der Waals surface area contributed by atoms with Crippen molar-refractivity contribution in [3.63, 3.8) is 0 Å². The summed E-state index contributed by atoms with van der Waals surface area (Å²) in [4.78, 5) is 2.00. The Morgan fingerprint density at radius 3 is 2.67 bits per heavy atom. The second-order valence-electron chi connectivity index (χ2n) is 4.12. The number of hydrogen-bond acceptors (Lipinski definition) is 2. The van der Waals surface area contributed by atoms with Gasteiger partial charge in [-0.1, -0.05) is 6.07 Å². The molecular weight excluding hydrogens is 198 g/mol. The summed E-state index contributed by atoms with van der Waals surface area (Å²) in [6.45, 7) is 0.751. The number of nitrogens with two attached hydrogens (primary N) is 1. The summed E-state index contributed by atoms with van der Waals surface area (Å²) in [5.74, 6) is -1.03. The Kier molecular flexibility index (Phi) is 2.71. The average Bonchev–Trinajstić information content (AvgIpc) is 2.45. The van der Waals surface area contributed by atoms with Crippen molar-refractivity contribution in [3.8, 4) is 0 Å². The monoisotopic (exact) mass is 212 g/mol. The van der Waals surface area contributed by atoms with Gasteiger partial charge >= 0.3 is 0 Å². The first-order valence-corrected chi connectivity index (χ1v) is 4.98. The molecule has 82 valence electrons. The van der Waals surface area contributed by atoms with Gasteiger partial charge in [-0.25, -0.2) is 8.78 Å². The van der Waals surface area contributed by atoms with Crippen LogP contribution in [0.4, 0.5) is 8.78 Å². The molecule has 2 rings (SSSR count). The molecule has 0 amide bonds. The van der Waals surface area contributed by atoms with Gasteiger partial charge < -0.3 is 5.73 Å². The quantitative estimate of drug-likeness (QED) is 0.767. The van der Waals surface area contributed by atoms with Gasteiger partial charge in [-0.15, -0.1) is 0 Å². The van der Waals surface area contributed by atoms with Crippen LogP contribution in [0.5, 0.6) is 0 Å². The van der Waals surface area contributed by atoms with Crippen LogP contribution in [0.3, 0.4) is 0 Å². The topological polar surface area (TPSA) is 29.3 Å².